The molecule has 3 nitrogen and oxygen atoms in total. The van der Waals surface area contributed by atoms with Gasteiger partial charge in [-0.25, -0.2) is 4.98 Å². The van der Waals surface area contributed by atoms with Crippen LogP contribution in [0.2, 0.25) is 0 Å². The summed E-state index contributed by atoms with van der Waals surface area (Å²) < 4.78 is 2.01. The minimum atomic E-state index is 0.140. The van der Waals surface area contributed by atoms with Gasteiger partial charge in [-0.3, -0.25) is 5.32 Å². The van der Waals surface area contributed by atoms with E-state index in [4.69, 9.17) is 6.42 Å². The molecule has 0 aromatic carbocycles. The van der Waals surface area contributed by atoms with Gasteiger partial charge in [0.05, 0.1) is 12.1 Å². The zero-order valence-electron chi connectivity index (χ0n) is 9.70. The Balaban J connectivity index is 2.59. The largest absolute Gasteiger partial charge is 0.337 e. The fraction of sp³-hybridized carbons (Fsp3) is 0.583. The Labute approximate surface area is 91.9 Å². The van der Waals surface area contributed by atoms with Crippen molar-refractivity contribution in [3.8, 4) is 12.3 Å². The maximum absolute atomic E-state index is 5.46. The van der Waals surface area contributed by atoms with E-state index in [2.05, 4.69) is 30.1 Å². The van der Waals surface area contributed by atoms with Crippen LogP contribution in [0.25, 0.3) is 0 Å². The van der Waals surface area contributed by atoms with Crippen LogP contribution in [-0.4, -0.2) is 15.6 Å². The highest BCUT2D eigenvalue weighted by atomic mass is 15.1. The van der Waals surface area contributed by atoms with Crippen molar-refractivity contribution in [3.05, 3.63) is 18.2 Å². The molecule has 15 heavy (non-hydrogen) atoms. The summed E-state index contributed by atoms with van der Waals surface area (Å²) in [6.45, 7) is 4.22. The zero-order valence-corrected chi connectivity index (χ0v) is 9.70. The van der Waals surface area contributed by atoms with Gasteiger partial charge in [0, 0.05) is 19.4 Å². The quantitative estimate of drug-likeness (QED) is 0.744. The summed E-state index contributed by atoms with van der Waals surface area (Å²) in [4.78, 5) is 4.30. The number of terminal acetylenes is 1. The monoisotopic (exact) mass is 205 g/mol. The number of imidazole rings is 1. The first kappa shape index (κ1) is 11.8. The normalized spacial score (nSPS) is 14.5. The molecular formula is C12H19N3. The average molecular weight is 205 g/mol. The van der Waals surface area contributed by atoms with E-state index >= 15 is 0 Å². The second-order valence-corrected chi connectivity index (χ2v) is 3.79. The molecule has 0 aliphatic heterocycles. The molecule has 2 atom stereocenters. The Morgan fingerprint density at radius 1 is 1.67 bits per heavy atom. The zero-order chi connectivity index (χ0) is 11.3. The molecule has 0 aliphatic carbocycles. The molecule has 0 radical (unpaired) electrons. The number of aryl methyl sites for hydroxylation is 1. The Bertz CT molecular complexity index is 335. The first-order chi connectivity index (χ1) is 7.19. The average Bonchev–Trinajstić information content (AvgIpc) is 2.63. The molecule has 1 aromatic heterocycles. The summed E-state index contributed by atoms with van der Waals surface area (Å²) in [6.07, 6.45) is 11.3. The van der Waals surface area contributed by atoms with Crippen LogP contribution in [0, 0.1) is 12.3 Å². The van der Waals surface area contributed by atoms with Gasteiger partial charge in [-0.2, -0.15) is 0 Å². The summed E-state index contributed by atoms with van der Waals surface area (Å²) in [5.41, 5.74) is 0. The third-order valence-corrected chi connectivity index (χ3v) is 2.48. The van der Waals surface area contributed by atoms with Crippen LogP contribution in [-0.2, 0) is 7.05 Å². The van der Waals surface area contributed by atoms with E-state index < -0.39 is 0 Å². The minimum Gasteiger partial charge on any atom is -0.337 e. The fourth-order valence-electron chi connectivity index (χ4n) is 1.67. The molecule has 0 saturated carbocycles. The predicted molar refractivity (Wildman–Crippen MR) is 62.3 cm³/mol. The van der Waals surface area contributed by atoms with Crippen LogP contribution < -0.4 is 5.32 Å². The molecule has 2 unspecified atom stereocenters. The van der Waals surface area contributed by atoms with Crippen molar-refractivity contribution < 1.29 is 0 Å². The van der Waals surface area contributed by atoms with Gasteiger partial charge < -0.3 is 4.57 Å². The van der Waals surface area contributed by atoms with E-state index in [1.54, 1.807) is 6.20 Å². The summed E-state index contributed by atoms with van der Waals surface area (Å²) in [6, 6.07) is 0.333. The van der Waals surface area contributed by atoms with Crippen molar-refractivity contribution >= 4 is 0 Å². The molecule has 1 N–H and O–H groups in total. The molecule has 1 rings (SSSR count). The van der Waals surface area contributed by atoms with Crippen LogP contribution >= 0.6 is 0 Å². The molecule has 0 aliphatic rings. The lowest BCUT2D eigenvalue weighted by Gasteiger charge is -2.18. The van der Waals surface area contributed by atoms with Crippen molar-refractivity contribution in [2.75, 3.05) is 0 Å². The second-order valence-electron chi connectivity index (χ2n) is 3.79. The van der Waals surface area contributed by atoms with Crippen molar-refractivity contribution in [2.45, 2.75) is 38.8 Å². The number of aromatic nitrogens is 2. The maximum Gasteiger partial charge on any atom is 0.125 e. The molecule has 3 heteroatoms. The number of rotatable bonds is 5. The second kappa shape index (κ2) is 5.57. The summed E-state index contributed by atoms with van der Waals surface area (Å²) in [5, 5.41) is 3.39. The SMILES string of the molecule is C#CC(CCC)NC(C)c1nccn1C. The van der Waals surface area contributed by atoms with Gasteiger partial charge >= 0.3 is 0 Å². The van der Waals surface area contributed by atoms with E-state index in [1.807, 2.05) is 17.8 Å². The first-order valence-electron chi connectivity index (χ1n) is 5.38. The van der Waals surface area contributed by atoms with E-state index in [-0.39, 0.29) is 12.1 Å². The third kappa shape index (κ3) is 3.10. The predicted octanol–water partition coefficient (Wildman–Crippen LogP) is 1.87. The molecule has 0 bridgehead atoms. The van der Waals surface area contributed by atoms with E-state index in [0.717, 1.165) is 18.7 Å². The Morgan fingerprint density at radius 2 is 2.40 bits per heavy atom. The first-order valence-corrected chi connectivity index (χ1v) is 5.38. The van der Waals surface area contributed by atoms with Gasteiger partial charge in [-0.05, 0) is 13.3 Å². The van der Waals surface area contributed by atoms with Crippen LogP contribution in [0.4, 0.5) is 0 Å². The van der Waals surface area contributed by atoms with Crippen molar-refractivity contribution in [3.63, 3.8) is 0 Å². The van der Waals surface area contributed by atoms with E-state index in [9.17, 15) is 0 Å². The van der Waals surface area contributed by atoms with Crippen molar-refractivity contribution in [1.29, 1.82) is 0 Å². The highest BCUT2D eigenvalue weighted by molar-refractivity contribution is 5.04. The van der Waals surface area contributed by atoms with Gasteiger partial charge in [0.15, 0.2) is 0 Å². The van der Waals surface area contributed by atoms with Gasteiger partial charge in [-0.15, -0.1) is 6.42 Å². The van der Waals surface area contributed by atoms with Gasteiger partial charge in [0.25, 0.3) is 0 Å². The van der Waals surface area contributed by atoms with Gasteiger partial charge in [0.1, 0.15) is 5.82 Å². The molecule has 0 fully saturated rings. The van der Waals surface area contributed by atoms with Crippen LogP contribution in [0.15, 0.2) is 12.4 Å². The Morgan fingerprint density at radius 3 is 2.87 bits per heavy atom. The maximum atomic E-state index is 5.46. The molecule has 0 amide bonds. The molecule has 1 aromatic rings. The van der Waals surface area contributed by atoms with Crippen molar-refractivity contribution in [1.82, 2.24) is 14.9 Å². The summed E-state index contributed by atoms with van der Waals surface area (Å²) in [5.74, 6) is 3.79. The summed E-state index contributed by atoms with van der Waals surface area (Å²) >= 11 is 0. The number of nitrogens with zero attached hydrogens (tertiary/aromatic N) is 2. The fourth-order valence-corrected chi connectivity index (χ4v) is 1.67. The smallest absolute Gasteiger partial charge is 0.125 e. The Hall–Kier alpha value is -1.27. The lowest BCUT2D eigenvalue weighted by Crippen LogP contribution is -2.31. The molecule has 82 valence electrons. The number of nitrogens with one attached hydrogen (secondary N) is 1. The highest BCUT2D eigenvalue weighted by Gasteiger charge is 2.13. The molecule has 0 spiro atoms. The van der Waals surface area contributed by atoms with E-state index in [1.165, 1.54) is 0 Å². The highest BCUT2D eigenvalue weighted by Crippen LogP contribution is 2.10. The number of hydrogen-bond donors (Lipinski definition) is 1. The Kier molecular flexibility index (Phi) is 4.38. The molecule has 0 saturated heterocycles. The van der Waals surface area contributed by atoms with Gasteiger partial charge in [-0.1, -0.05) is 19.3 Å². The van der Waals surface area contributed by atoms with Crippen LogP contribution in [0.3, 0.4) is 0 Å². The van der Waals surface area contributed by atoms with E-state index in [0.29, 0.717) is 0 Å². The summed E-state index contributed by atoms with van der Waals surface area (Å²) in [7, 11) is 1.99. The lowest BCUT2D eigenvalue weighted by atomic mass is 10.1. The molecular weight excluding hydrogens is 186 g/mol. The van der Waals surface area contributed by atoms with Gasteiger partial charge in [0.2, 0.25) is 0 Å². The van der Waals surface area contributed by atoms with Crippen molar-refractivity contribution in [2.24, 2.45) is 7.05 Å². The lowest BCUT2D eigenvalue weighted by molar-refractivity contribution is 0.470. The minimum absolute atomic E-state index is 0.140. The third-order valence-electron chi connectivity index (χ3n) is 2.48. The standard InChI is InChI=1S/C12H19N3/c1-5-7-11(6-2)14-10(3)12-13-8-9-15(12)4/h2,8-11,14H,5,7H2,1,3-4H3. The van der Waals surface area contributed by atoms with Crippen LogP contribution in [0.5, 0.6) is 0 Å². The molecule has 1 heterocycles. The number of hydrogen-bond acceptors (Lipinski definition) is 2. The topological polar surface area (TPSA) is 29.9 Å². The van der Waals surface area contributed by atoms with Crippen LogP contribution in [0.1, 0.15) is 38.6 Å².